The van der Waals surface area contributed by atoms with E-state index in [4.69, 9.17) is 4.74 Å². The average molecular weight is 341 g/mol. The second-order valence-corrected chi connectivity index (χ2v) is 5.69. The summed E-state index contributed by atoms with van der Waals surface area (Å²) in [6, 6.07) is 11.5. The molecule has 0 spiro atoms. The number of rotatable bonds is 6. The van der Waals surface area contributed by atoms with E-state index >= 15 is 0 Å². The van der Waals surface area contributed by atoms with Crippen LogP contribution in [0.2, 0.25) is 0 Å². The molecule has 0 saturated carbocycles. The van der Waals surface area contributed by atoms with Gasteiger partial charge in [0, 0.05) is 17.2 Å². The zero-order valence-corrected chi connectivity index (χ0v) is 14.2. The predicted molar refractivity (Wildman–Crippen MR) is 95.1 cm³/mol. The summed E-state index contributed by atoms with van der Waals surface area (Å²) in [4.78, 5) is 22.4. The van der Waals surface area contributed by atoms with Gasteiger partial charge in [0.15, 0.2) is 0 Å². The van der Waals surface area contributed by atoms with E-state index in [1.807, 2.05) is 38.1 Å². The maximum atomic E-state index is 12.0. The first kappa shape index (κ1) is 18.1. The highest BCUT2D eigenvalue weighted by molar-refractivity contribution is 5.95. The standard InChI is InChI=1S/C18H19N3O4/c1-12(2)25-16-8-5-14(6-9-16)11-19-20-18(22)15-7-4-13(3)17(10-15)21(23)24/h4-12H,1-3H3,(H,20,22)/b19-11-. The highest BCUT2D eigenvalue weighted by atomic mass is 16.6. The lowest BCUT2D eigenvalue weighted by atomic mass is 10.1. The molecule has 0 aromatic heterocycles. The quantitative estimate of drug-likeness (QED) is 0.494. The lowest BCUT2D eigenvalue weighted by Crippen LogP contribution is -2.17. The predicted octanol–water partition coefficient (Wildman–Crippen LogP) is 3.45. The van der Waals surface area contributed by atoms with Gasteiger partial charge in [0.2, 0.25) is 0 Å². The Morgan fingerprint density at radius 2 is 1.92 bits per heavy atom. The fourth-order valence-electron chi connectivity index (χ4n) is 2.08. The van der Waals surface area contributed by atoms with Crippen molar-refractivity contribution in [3.05, 3.63) is 69.3 Å². The molecule has 0 radical (unpaired) electrons. The van der Waals surface area contributed by atoms with Crippen molar-refractivity contribution in [1.29, 1.82) is 0 Å². The summed E-state index contributed by atoms with van der Waals surface area (Å²) in [6.07, 6.45) is 1.58. The number of benzene rings is 2. The molecule has 0 aliphatic carbocycles. The first-order chi connectivity index (χ1) is 11.9. The molecule has 0 aliphatic rings. The summed E-state index contributed by atoms with van der Waals surface area (Å²) < 4.78 is 5.54. The number of carbonyl (C=O) groups is 1. The monoisotopic (exact) mass is 341 g/mol. The van der Waals surface area contributed by atoms with Crippen LogP contribution in [0.25, 0.3) is 0 Å². The van der Waals surface area contributed by atoms with Crippen LogP contribution in [0.1, 0.15) is 35.3 Å². The number of ether oxygens (including phenoxy) is 1. The number of nitro benzene ring substituents is 1. The molecule has 25 heavy (non-hydrogen) atoms. The van der Waals surface area contributed by atoms with Crippen LogP contribution >= 0.6 is 0 Å². The molecule has 2 aromatic carbocycles. The van der Waals surface area contributed by atoms with E-state index in [9.17, 15) is 14.9 Å². The average Bonchev–Trinajstić information content (AvgIpc) is 2.56. The lowest BCUT2D eigenvalue weighted by Gasteiger charge is -2.09. The van der Waals surface area contributed by atoms with Gasteiger partial charge in [0.05, 0.1) is 17.2 Å². The Morgan fingerprint density at radius 1 is 1.24 bits per heavy atom. The normalized spacial score (nSPS) is 10.9. The molecule has 7 heteroatoms. The molecular weight excluding hydrogens is 322 g/mol. The van der Waals surface area contributed by atoms with E-state index in [2.05, 4.69) is 10.5 Å². The summed E-state index contributed by atoms with van der Waals surface area (Å²) in [6.45, 7) is 5.51. The third-order valence-corrected chi connectivity index (χ3v) is 3.30. The van der Waals surface area contributed by atoms with Crippen LogP contribution in [0.15, 0.2) is 47.6 Å². The Hall–Kier alpha value is -3.22. The number of hydrogen-bond acceptors (Lipinski definition) is 5. The summed E-state index contributed by atoms with van der Waals surface area (Å²) in [7, 11) is 0. The van der Waals surface area contributed by atoms with E-state index in [-0.39, 0.29) is 17.4 Å². The number of nitrogens with one attached hydrogen (secondary N) is 1. The van der Waals surface area contributed by atoms with Gasteiger partial charge in [-0.2, -0.15) is 5.10 Å². The van der Waals surface area contributed by atoms with Gasteiger partial charge in [-0.3, -0.25) is 14.9 Å². The number of hydrogen-bond donors (Lipinski definition) is 1. The van der Waals surface area contributed by atoms with Crippen molar-refractivity contribution in [2.45, 2.75) is 26.9 Å². The van der Waals surface area contributed by atoms with Crippen LogP contribution in [0.3, 0.4) is 0 Å². The third kappa shape index (κ3) is 5.13. The van der Waals surface area contributed by atoms with Crippen molar-refractivity contribution < 1.29 is 14.5 Å². The van der Waals surface area contributed by atoms with Crippen molar-refractivity contribution in [3.63, 3.8) is 0 Å². The van der Waals surface area contributed by atoms with Crippen LogP contribution in [0.5, 0.6) is 5.75 Å². The number of carbonyl (C=O) groups excluding carboxylic acids is 1. The fourth-order valence-corrected chi connectivity index (χ4v) is 2.08. The summed E-state index contributed by atoms with van der Waals surface area (Å²) in [5.74, 6) is 0.238. The van der Waals surface area contributed by atoms with Gasteiger partial charge in [-0.15, -0.1) is 0 Å². The van der Waals surface area contributed by atoms with Crippen LogP contribution in [-0.2, 0) is 0 Å². The SMILES string of the molecule is Cc1ccc(C(=O)N/N=C\c2ccc(OC(C)C)cc2)cc1[N+](=O)[O-]. The number of nitrogens with zero attached hydrogens (tertiary/aromatic N) is 2. The van der Waals surface area contributed by atoms with E-state index in [0.29, 0.717) is 5.56 Å². The van der Waals surface area contributed by atoms with Gasteiger partial charge in [0.1, 0.15) is 5.75 Å². The Labute approximate surface area is 145 Å². The van der Waals surface area contributed by atoms with Gasteiger partial charge in [-0.1, -0.05) is 6.07 Å². The van der Waals surface area contributed by atoms with Gasteiger partial charge < -0.3 is 4.74 Å². The van der Waals surface area contributed by atoms with E-state index in [1.165, 1.54) is 24.4 Å². The molecule has 0 heterocycles. The lowest BCUT2D eigenvalue weighted by molar-refractivity contribution is -0.385. The summed E-state index contributed by atoms with van der Waals surface area (Å²) >= 11 is 0. The van der Waals surface area contributed by atoms with Gasteiger partial charge >= 0.3 is 0 Å². The topological polar surface area (TPSA) is 93.8 Å². The minimum atomic E-state index is -0.518. The Balaban J connectivity index is 2.01. The summed E-state index contributed by atoms with van der Waals surface area (Å²) in [5.41, 5.74) is 3.71. The Morgan fingerprint density at radius 3 is 2.52 bits per heavy atom. The Kier molecular flexibility index (Phi) is 5.84. The second kappa shape index (κ2) is 8.05. The molecule has 1 amide bonds. The smallest absolute Gasteiger partial charge is 0.273 e. The molecule has 2 rings (SSSR count). The number of hydrazone groups is 1. The van der Waals surface area contributed by atoms with Gasteiger partial charge in [-0.25, -0.2) is 5.43 Å². The largest absolute Gasteiger partial charge is 0.491 e. The Bertz CT molecular complexity index is 798. The molecule has 0 bridgehead atoms. The number of aryl methyl sites for hydroxylation is 1. The molecule has 0 atom stereocenters. The third-order valence-electron chi connectivity index (χ3n) is 3.30. The zero-order chi connectivity index (χ0) is 18.4. The minimum absolute atomic E-state index is 0.0948. The molecule has 0 aliphatic heterocycles. The molecule has 7 nitrogen and oxygen atoms in total. The van der Waals surface area contributed by atoms with E-state index < -0.39 is 10.8 Å². The van der Waals surface area contributed by atoms with Crippen molar-refractivity contribution in [3.8, 4) is 5.75 Å². The zero-order valence-electron chi connectivity index (χ0n) is 14.2. The summed E-state index contributed by atoms with van der Waals surface area (Å²) in [5, 5.41) is 14.8. The van der Waals surface area contributed by atoms with E-state index in [0.717, 1.165) is 11.3 Å². The highest BCUT2D eigenvalue weighted by Gasteiger charge is 2.14. The molecule has 0 saturated heterocycles. The molecule has 1 N–H and O–H groups in total. The maximum Gasteiger partial charge on any atom is 0.273 e. The van der Waals surface area contributed by atoms with Gasteiger partial charge in [0.25, 0.3) is 11.6 Å². The molecule has 2 aromatic rings. The molecule has 0 fully saturated rings. The number of amides is 1. The molecular formula is C18H19N3O4. The molecule has 0 unspecified atom stereocenters. The van der Waals surface area contributed by atoms with Crippen molar-refractivity contribution in [2.24, 2.45) is 5.10 Å². The van der Waals surface area contributed by atoms with Crippen LogP contribution in [-0.4, -0.2) is 23.1 Å². The van der Waals surface area contributed by atoms with Crippen molar-refractivity contribution in [1.82, 2.24) is 5.43 Å². The van der Waals surface area contributed by atoms with Crippen molar-refractivity contribution in [2.75, 3.05) is 0 Å². The maximum absolute atomic E-state index is 12.0. The first-order valence-corrected chi connectivity index (χ1v) is 7.72. The highest BCUT2D eigenvalue weighted by Crippen LogP contribution is 2.19. The van der Waals surface area contributed by atoms with E-state index in [1.54, 1.807) is 6.92 Å². The minimum Gasteiger partial charge on any atom is -0.491 e. The fraction of sp³-hybridized carbons (Fsp3) is 0.222. The van der Waals surface area contributed by atoms with Crippen LogP contribution in [0, 0.1) is 17.0 Å². The van der Waals surface area contributed by atoms with Gasteiger partial charge in [-0.05, 0) is 56.7 Å². The van der Waals surface area contributed by atoms with Crippen LogP contribution < -0.4 is 10.2 Å². The van der Waals surface area contributed by atoms with Crippen LogP contribution in [0.4, 0.5) is 5.69 Å². The number of nitro groups is 1. The second-order valence-electron chi connectivity index (χ2n) is 5.69. The first-order valence-electron chi connectivity index (χ1n) is 7.72. The van der Waals surface area contributed by atoms with Crippen molar-refractivity contribution >= 4 is 17.8 Å². The molecule has 130 valence electrons.